The minimum atomic E-state index is -0.236. The van der Waals surface area contributed by atoms with E-state index in [2.05, 4.69) is 45.0 Å². The molecule has 0 radical (unpaired) electrons. The van der Waals surface area contributed by atoms with E-state index in [0.717, 1.165) is 11.5 Å². The fraction of sp³-hybridized carbons (Fsp3) is 0.571. The Hall–Kier alpha value is -0.510. The zero-order valence-electron chi connectivity index (χ0n) is 10.7. The molecule has 2 nitrogen and oxygen atoms in total. The molecule has 0 saturated carbocycles. The monoisotopic (exact) mass is 252 g/mol. The molecule has 0 aliphatic carbocycles. The molecule has 17 heavy (non-hydrogen) atoms. The lowest BCUT2D eigenvalue weighted by molar-refractivity contribution is -0.102. The van der Waals surface area contributed by atoms with Gasteiger partial charge in [0.05, 0.1) is 12.2 Å². The van der Waals surface area contributed by atoms with Crippen LogP contribution in [0.25, 0.3) is 0 Å². The number of hydrogen-bond donors (Lipinski definition) is 1. The van der Waals surface area contributed by atoms with E-state index in [4.69, 9.17) is 9.84 Å². The lowest BCUT2D eigenvalue weighted by atomic mass is 9.91. The first-order valence-electron chi connectivity index (χ1n) is 5.98. The normalized spacial score (nSPS) is 25.9. The summed E-state index contributed by atoms with van der Waals surface area (Å²) in [4.78, 5) is 0. The summed E-state index contributed by atoms with van der Waals surface area (Å²) in [6.07, 6.45) is 0. The molecule has 0 spiro atoms. The van der Waals surface area contributed by atoms with Crippen LogP contribution in [-0.2, 0) is 15.9 Å². The van der Waals surface area contributed by atoms with Crippen molar-refractivity contribution in [2.24, 2.45) is 0 Å². The fourth-order valence-electron chi connectivity index (χ4n) is 2.58. The van der Waals surface area contributed by atoms with Gasteiger partial charge in [-0.25, -0.2) is 0 Å². The van der Waals surface area contributed by atoms with Crippen molar-refractivity contribution in [1.82, 2.24) is 0 Å². The quantitative estimate of drug-likeness (QED) is 0.836. The van der Waals surface area contributed by atoms with Crippen LogP contribution in [0.15, 0.2) is 24.3 Å². The highest BCUT2D eigenvalue weighted by Crippen LogP contribution is 2.47. The first kappa shape index (κ1) is 12.9. The Bertz CT molecular complexity index is 403. The highest BCUT2D eigenvalue weighted by Gasteiger charge is 2.45. The van der Waals surface area contributed by atoms with E-state index in [0.29, 0.717) is 0 Å². The Labute approximate surface area is 107 Å². The number of fused-ring (bicyclic) bond motifs is 1. The van der Waals surface area contributed by atoms with E-state index in [9.17, 15) is 0 Å². The first-order chi connectivity index (χ1) is 7.99. The zero-order valence-corrected chi connectivity index (χ0v) is 11.5. The van der Waals surface area contributed by atoms with Crippen molar-refractivity contribution in [2.75, 3.05) is 18.1 Å². The van der Waals surface area contributed by atoms with Gasteiger partial charge in [-0.15, -0.1) is 0 Å². The Morgan fingerprint density at radius 1 is 1.18 bits per heavy atom. The molecule has 2 rings (SSSR count). The molecular formula is C14H20O2S. The first-order valence-corrected chi connectivity index (χ1v) is 7.14. The number of hydrogen-bond acceptors (Lipinski definition) is 3. The molecule has 0 amide bonds. The highest BCUT2D eigenvalue weighted by molar-refractivity contribution is 7.99. The lowest BCUT2D eigenvalue weighted by Gasteiger charge is -2.28. The van der Waals surface area contributed by atoms with Gasteiger partial charge in [0.25, 0.3) is 0 Å². The molecule has 1 aliphatic rings. The molecule has 0 fully saturated rings. The van der Waals surface area contributed by atoms with Gasteiger partial charge in [-0.05, 0) is 31.9 Å². The molecule has 0 saturated heterocycles. The summed E-state index contributed by atoms with van der Waals surface area (Å²) in [5, 5.41) is 8.86. The van der Waals surface area contributed by atoms with E-state index in [1.165, 1.54) is 11.1 Å². The van der Waals surface area contributed by atoms with Crippen molar-refractivity contribution in [3.63, 3.8) is 0 Å². The molecule has 1 aromatic carbocycles. The Morgan fingerprint density at radius 2 is 1.82 bits per heavy atom. The van der Waals surface area contributed by atoms with Crippen LogP contribution in [0.2, 0.25) is 0 Å². The average Bonchev–Trinajstić information content (AvgIpc) is 2.48. The number of aliphatic hydroxyl groups excluding tert-OH is 1. The summed E-state index contributed by atoms with van der Waals surface area (Å²) < 4.78 is 6.25. The molecule has 0 bridgehead atoms. The minimum absolute atomic E-state index is 0.217. The molecule has 1 heterocycles. The van der Waals surface area contributed by atoms with Crippen LogP contribution in [0.3, 0.4) is 0 Å². The topological polar surface area (TPSA) is 29.5 Å². The predicted octanol–water partition coefficient (Wildman–Crippen LogP) is 2.89. The number of benzene rings is 1. The molecule has 3 heteroatoms. The van der Waals surface area contributed by atoms with E-state index in [1.54, 1.807) is 11.8 Å². The SMILES string of the molecule is CC1(C)OC(C)(CSCCO)c2ccccc21. The van der Waals surface area contributed by atoms with Gasteiger partial charge in [-0.2, -0.15) is 11.8 Å². The second-order valence-corrected chi connectivity index (χ2v) is 6.27. The van der Waals surface area contributed by atoms with Crippen molar-refractivity contribution in [1.29, 1.82) is 0 Å². The standard InChI is InChI=1S/C14H20O2S/c1-13(2)11-6-4-5-7-12(11)14(3,16-13)10-17-9-8-15/h4-7,15H,8-10H2,1-3H3. The molecule has 1 N–H and O–H groups in total. The summed E-state index contributed by atoms with van der Waals surface area (Å²) >= 11 is 1.74. The second-order valence-electron chi connectivity index (χ2n) is 5.17. The molecule has 94 valence electrons. The number of ether oxygens (including phenoxy) is 1. The lowest BCUT2D eigenvalue weighted by Crippen LogP contribution is -2.28. The summed E-state index contributed by atoms with van der Waals surface area (Å²) in [5.41, 5.74) is 2.12. The molecule has 1 unspecified atom stereocenters. The number of rotatable bonds is 4. The maximum absolute atomic E-state index is 8.86. The van der Waals surface area contributed by atoms with E-state index in [1.807, 2.05) is 0 Å². The van der Waals surface area contributed by atoms with Crippen molar-refractivity contribution in [3.8, 4) is 0 Å². The summed E-state index contributed by atoms with van der Waals surface area (Å²) in [5.74, 6) is 1.65. The van der Waals surface area contributed by atoms with E-state index < -0.39 is 0 Å². The van der Waals surface area contributed by atoms with Crippen molar-refractivity contribution in [2.45, 2.75) is 32.0 Å². The Balaban J connectivity index is 2.27. The highest BCUT2D eigenvalue weighted by atomic mass is 32.2. The minimum Gasteiger partial charge on any atom is -0.396 e. The largest absolute Gasteiger partial charge is 0.396 e. The van der Waals surface area contributed by atoms with Crippen LogP contribution in [0.4, 0.5) is 0 Å². The summed E-state index contributed by atoms with van der Waals surface area (Å²) in [6.45, 7) is 6.61. The van der Waals surface area contributed by atoms with Crippen LogP contribution < -0.4 is 0 Å². The number of aliphatic hydroxyl groups is 1. The second kappa shape index (κ2) is 4.63. The van der Waals surface area contributed by atoms with Gasteiger partial charge >= 0.3 is 0 Å². The van der Waals surface area contributed by atoms with Gasteiger partial charge in [0.2, 0.25) is 0 Å². The molecule has 1 atom stereocenters. The van der Waals surface area contributed by atoms with Crippen LogP contribution in [0.5, 0.6) is 0 Å². The molecule has 1 aliphatic heterocycles. The zero-order chi connectivity index (χ0) is 12.5. The Morgan fingerprint density at radius 3 is 2.47 bits per heavy atom. The third kappa shape index (κ3) is 2.37. The van der Waals surface area contributed by atoms with E-state index in [-0.39, 0.29) is 17.8 Å². The van der Waals surface area contributed by atoms with Crippen LogP contribution in [0, 0.1) is 0 Å². The average molecular weight is 252 g/mol. The van der Waals surface area contributed by atoms with Gasteiger partial charge < -0.3 is 9.84 Å². The summed E-state index contributed by atoms with van der Waals surface area (Å²) in [6, 6.07) is 8.44. The van der Waals surface area contributed by atoms with Gasteiger partial charge in [0.1, 0.15) is 5.60 Å². The van der Waals surface area contributed by atoms with Gasteiger partial charge in [-0.3, -0.25) is 0 Å². The van der Waals surface area contributed by atoms with Gasteiger partial charge in [0, 0.05) is 11.5 Å². The van der Waals surface area contributed by atoms with Crippen LogP contribution in [-0.4, -0.2) is 23.2 Å². The van der Waals surface area contributed by atoms with Crippen LogP contribution >= 0.6 is 11.8 Å². The predicted molar refractivity (Wildman–Crippen MR) is 72.3 cm³/mol. The molecule has 1 aromatic rings. The van der Waals surface area contributed by atoms with Gasteiger partial charge in [-0.1, -0.05) is 24.3 Å². The van der Waals surface area contributed by atoms with Crippen LogP contribution in [0.1, 0.15) is 31.9 Å². The van der Waals surface area contributed by atoms with Crippen molar-refractivity contribution in [3.05, 3.63) is 35.4 Å². The fourth-order valence-corrected chi connectivity index (χ4v) is 3.46. The third-order valence-electron chi connectivity index (χ3n) is 3.24. The summed E-state index contributed by atoms with van der Waals surface area (Å²) in [7, 11) is 0. The third-order valence-corrected chi connectivity index (χ3v) is 4.47. The Kier molecular flexibility index (Phi) is 3.53. The molecular weight excluding hydrogens is 232 g/mol. The maximum Gasteiger partial charge on any atom is 0.101 e. The van der Waals surface area contributed by atoms with Crippen molar-refractivity contribution >= 4 is 11.8 Å². The van der Waals surface area contributed by atoms with Gasteiger partial charge in [0.15, 0.2) is 0 Å². The maximum atomic E-state index is 8.86. The molecule has 0 aromatic heterocycles. The smallest absolute Gasteiger partial charge is 0.101 e. The number of thioether (sulfide) groups is 1. The van der Waals surface area contributed by atoms with Crippen molar-refractivity contribution < 1.29 is 9.84 Å². The van der Waals surface area contributed by atoms with E-state index >= 15 is 0 Å².